The summed E-state index contributed by atoms with van der Waals surface area (Å²) in [6.45, 7) is 33.3. The number of aromatic nitrogens is 12. The second-order valence-corrected chi connectivity index (χ2v) is 45.4. The van der Waals surface area contributed by atoms with E-state index in [4.69, 9.17) is 4.74 Å². The summed E-state index contributed by atoms with van der Waals surface area (Å²) >= 11 is 0. The minimum atomic E-state index is -1.03. The Morgan fingerprint density at radius 3 is 0.966 bits per heavy atom. The van der Waals surface area contributed by atoms with Crippen molar-refractivity contribution < 1.29 is 29.6 Å². The van der Waals surface area contributed by atoms with E-state index in [1.54, 1.807) is 75.9 Å². The van der Waals surface area contributed by atoms with E-state index < -0.39 is 29.1 Å². The summed E-state index contributed by atoms with van der Waals surface area (Å²) in [4.78, 5) is 7.15. The molecule has 0 aromatic carbocycles. The van der Waals surface area contributed by atoms with Crippen LogP contribution in [0.3, 0.4) is 0 Å². The molecule has 652 valence electrons. The lowest BCUT2D eigenvalue weighted by atomic mass is 9.48. The molecule has 119 heavy (non-hydrogen) atoms. The first-order valence-corrected chi connectivity index (χ1v) is 48.7. The molecule has 0 spiro atoms. The average Bonchev–Trinajstić information content (AvgIpc) is 1.65. The summed E-state index contributed by atoms with van der Waals surface area (Å²) in [7, 11) is 1.72. The average molecular weight is 1630 g/mol. The molecule has 0 unspecified atom stereocenters. The van der Waals surface area contributed by atoms with Crippen molar-refractivity contribution in [2.24, 2.45) is 170 Å². The van der Waals surface area contributed by atoms with Gasteiger partial charge in [-0.25, -0.2) is 4.39 Å². The predicted molar refractivity (Wildman–Crippen MR) is 463 cm³/mol. The molecule has 32 atom stereocenters. The van der Waals surface area contributed by atoms with Gasteiger partial charge in [-0.3, -0.25) is 0 Å². The van der Waals surface area contributed by atoms with Crippen LogP contribution in [0.2, 0.25) is 0 Å². The zero-order chi connectivity index (χ0) is 82.6. The highest BCUT2D eigenvalue weighted by molar-refractivity contribution is 5.24. The van der Waals surface area contributed by atoms with Crippen LogP contribution in [-0.4, -0.2) is 123 Å². The van der Waals surface area contributed by atoms with Crippen molar-refractivity contribution in [1.29, 1.82) is 0 Å². The van der Waals surface area contributed by atoms with Crippen molar-refractivity contribution in [2.75, 3.05) is 20.4 Å². The van der Waals surface area contributed by atoms with Crippen molar-refractivity contribution in [3.8, 4) is 11.8 Å². The van der Waals surface area contributed by atoms with E-state index in [0.717, 1.165) is 166 Å². The summed E-state index contributed by atoms with van der Waals surface area (Å²) in [5.41, 5.74) is 4.12. The topological polar surface area (TPSA) is 213 Å². The summed E-state index contributed by atoms with van der Waals surface area (Å²) in [5, 5.41) is 77.6. The molecule has 21 rings (SSSR count). The zero-order valence-electron chi connectivity index (χ0n) is 73.9. The normalized spacial score (nSPS) is 46.2. The van der Waals surface area contributed by atoms with Crippen molar-refractivity contribution in [1.82, 2.24) is 60.0 Å². The number of nitrogens with zero attached hydrogens (tertiary/aromatic N) is 12. The van der Waals surface area contributed by atoms with Gasteiger partial charge in [0.25, 0.3) is 0 Å². The molecule has 0 saturated heterocycles. The van der Waals surface area contributed by atoms with Gasteiger partial charge in [-0.2, -0.15) is 60.0 Å². The lowest BCUT2D eigenvalue weighted by molar-refractivity contribution is -0.123. The van der Waals surface area contributed by atoms with E-state index >= 15 is 0 Å². The quantitative estimate of drug-likeness (QED) is 0.0645. The molecule has 0 radical (unpaired) electrons. The molecule has 0 amide bonds. The van der Waals surface area contributed by atoms with Gasteiger partial charge >= 0.3 is 0 Å². The van der Waals surface area contributed by atoms with Gasteiger partial charge in [-0.15, -0.1) is 0 Å². The number of aliphatic hydroxyl groups is 4. The van der Waals surface area contributed by atoms with E-state index in [-0.39, 0.29) is 0 Å². The minimum Gasteiger partial charge on any atom is -0.390 e. The second kappa shape index (κ2) is 33.6. The SMILES string of the molecule is C=C(Cn1nccn1)[C@H]1CC[C@H]2[C@@H]3CC[C@@H]4C[C@@](O)(C#CC5CC5)CC[C@@H]4[C@H]3CC[C@]12C.C=C(Cn1nccn1)[C@H]1CC[C@H]2[C@@H]3CC[C@@H]4C[C@@](O)(CF)CC[C@@H]4[C@H]3CC[C@]12C.C=C(Cn1nccn1)[C@H]1CC[C@H]2[C@@H]3CC[C@@H]4C[C@@](O)(COC)CC[C@@H]4[C@H]3CC[C@]12C.C=C(Cn1nccn1)[C@H]1CC[C@H]2[C@@H]3CC[C@@H]4C[C@](C)(O)CC[C@@H]4[C@H]3CC[C@]12C. The summed E-state index contributed by atoms with van der Waals surface area (Å²) in [6.07, 6.45) is 60.1. The van der Waals surface area contributed by atoms with Gasteiger partial charge in [0.05, 0.1) is 99.2 Å². The molecule has 4 heterocycles. The predicted octanol–water partition coefficient (Wildman–Crippen LogP) is 19.4. The van der Waals surface area contributed by atoms with Crippen molar-refractivity contribution in [3.63, 3.8) is 0 Å². The van der Waals surface area contributed by atoms with Gasteiger partial charge in [0, 0.05) is 13.0 Å². The third-order valence-electron chi connectivity index (χ3n) is 39.4. The first-order chi connectivity index (χ1) is 57.2. The Balaban J connectivity index is 0.000000109. The maximum absolute atomic E-state index is 13.4. The number of alkyl halides is 1. The Morgan fingerprint density at radius 1 is 0.345 bits per heavy atom. The third-order valence-corrected chi connectivity index (χ3v) is 39.4. The van der Waals surface area contributed by atoms with Crippen molar-refractivity contribution >= 4 is 0 Å². The van der Waals surface area contributed by atoms with Crippen LogP contribution < -0.4 is 0 Å². The Kier molecular flexibility index (Phi) is 23.9. The highest BCUT2D eigenvalue weighted by Gasteiger charge is 2.64. The summed E-state index contributed by atoms with van der Waals surface area (Å²) in [6, 6.07) is 0. The van der Waals surface area contributed by atoms with E-state index in [1.165, 1.54) is 208 Å². The van der Waals surface area contributed by atoms with Gasteiger partial charge in [-0.1, -0.05) is 88.1 Å². The van der Waals surface area contributed by atoms with Gasteiger partial charge in [0.1, 0.15) is 12.3 Å². The number of methoxy groups -OCH3 is 1. The van der Waals surface area contributed by atoms with Gasteiger partial charge in [0.2, 0.25) is 0 Å². The fourth-order valence-electron chi connectivity index (χ4n) is 34.1. The lowest BCUT2D eigenvalue weighted by Crippen LogP contribution is -2.52. The zero-order valence-corrected chi connectivity index (χ0v) is 73.9. The Bertz CT molecular complexity index is 4230. The first-order valence-electron chi connectivity index (χ1n) is 48.7. The van der Waals surface area contributed by atoms with Crippen molar-refractivity contribution in [3.05, 3.63) is 98.2 Å². The molecule has 17 fully saturated rings. The van der Waals surface area contributed by atoms with Crippen LogP contribution in [0.5, 0.6) is 0 Å². The third kappa shape index (κ3) is 16.4. The molecule has 0 aliphatic heterocycles. The largest absolute Gasteiger partial charge is 0.390 e. The molecule has 4 aromatic heterocycles. The van der Waals surface area contributed by atoms with Crippen LogP contribution in [0.15, 0.2) is 98.2 Å². The summed E-state index contributed by atoms with van der Waals surface area (Å²) < 4.78 is 18.7. The Hall–Kier alpha value is -5.19. The standard InChI is InChI=1S/C28H39N3O.C25H39N3O2.C24H36FN3O.C24H37N3O/c1-19(18-31-29-15-16-30-31)25-7-8-26-24-6-5-21-17-28(32,13-9-20-3-4-20)14-11-22(21)23(24)10-12-27(25,26)2;1-17(15-28-26-12-13-27-28)22-6-7-23-21-5-4-18-14-25(29,16-30-3)11-9-19(18)20(21)8-10-24(22,23)2;1-16(14-28-26-11-12-27-28)21-5-6-22-20-4-3-17-13-24(29,15-25)10-8-18(17)19(20)7-9-23(21,22)2;1-16(15-27-25-12-13-26-27)21-6-7-22-20-5-4-17-14-23(2,28)10-8-18(17)19(20)9-11-24(21,22)3/h15-16,20-26,32H,1,3-8,10-12,14,17-18H2,2H3;12-13,18-23,29H,1,4-11,14-16H2,2-3H3;11-12,17-22,29H,1,3-10,13-15H2,2H3;12-13,17-22,28H,1,4-11,14-15H2,2-3H3/t21-,22+,23-,24-,25-,26+,27-,28-;18-,19+,20-,21-,22-,23+,24-,25-;2*17-,18+,19-,20-,21-,22+,23-,24-/m1111/s1. The molecule has 4 aromatic rings. The molecular weight excluding hydrogens is 1480 g/mol. The number of allylic oxidation sites excluding steroid dienone is 4. The number of hydrogen-bond donors (Lipinski definition) is 4. The lowest BCUT2D eigenvalue weighted by Gasteiger charge is -2.57. The van der Waals surface area contributed by atoms with Gasteiger partial charge < -0.3 is 25.2 Å². The molecule has 17 saturated carbocycles. The monoisotopic (exact) mass is 1630 g/mol. The van der Waals surface area contributed by atoms with E-state index in [2.05, 4.69) is 114 Å². The number of halogens is 1. The smallest absolute Gasteiger partial charge is 0.125 e. The van der Waals surface area contributed by atoms with E-state index in [9.17, 15) is 24.8 Å². The van der Waals surface area contributed by atoms with Gasteiger partial charge in [0.15, 0.2) is 0 Å². The molecule has 17 nitrogen and oxygen atoms in total. The van der Waals surface area contributed by atoms with Crippen LogP contribution in [0, 0.1) is 181 Å². The molecule has 18 heteroatoms. The van der Waals surface area contributed by atoms with Crippen LogP contribution in [0.4, 0.5) is 4.39 Å². The molecule has 0 bridgehead atoms. The fourth-order valence-corrected chi connectivity index (χ4v) is 34.1. The Morgan fingerprint density at radius 2 is 0.639 bits per heavy atom. The molecule has 17 aliphatic rings. The second-order valence-electron chi connectivity index (χ2n) is 45.4. The highest BCUT2D eigenvalue weighted by atomic mass is 19.1. The van der Waals surface area contributed by atoms with Crippen LogP contribution >= 0.6 is 0 Å². The first kappa shape index (κ1) is 84.6. The van der Waals surface area contributed by atoms with E-state index in [1.807, 2.05) is 0 Å². The summed E-state index contributed by atoms with van der Waals surface area (Å²) in [5.74, 6) is 25.8. The maximum atomic E-state index is 13.4. The highest BCUT2D eigenvalue weighted by Crippen LogP contribution is 2.71. The van der Waals surface area contributed by atoms with Crippen molar-refractivity contribution in [2.45, 2.75) is 327 Å². The fraction of sp³-hybridized carbons (Fsp3) is 0.822. The maximum Gasteiger partial charge on any atom is 0.125 e. The van der Waals surface area contributed by atoms with Crippen LogP contribution in [-0.2, 0) is 30.9 Å². The van der Waals surface area contributed by atoms with E-state index in [0.29, 0.717) is 94.4 Å². The minimum absolute atomic E-state index is 0.354. The molecular formula is C101H151FN12O5. The molecule has 17 aliphatic carbocycles. The Labute approximate surface area is 712 Å². The number of fused-ring (bicyclic) bond motifs is 20. The number of ether oxygens (including phenoxy) is 1. The van der Waals surface area contributed by atoms with Crippen LogP contribution in [0.25, 0.3) is 0 Å². The molecule has 4 N–H and O–H groups in total. The number of hydrogen-bond acceptors (Lipinski definition) is 13. The number of rotatable bonds is 15. The van der Waals surface area contributed by atoms with Gasteiger partial charge in [-0.05, 0) is 415 Å². The van der Waals surface area contributed by atoms with Crippen LogP contribution in [0.1, 0.15) is 279 Å².